The molecule has 1 aromatic heterocycles. The van der Waals surface area contributed by atoms with Crippen molar-refractivity contribution in [3.8, 4) is 0 Å². The Morgan fingerprint density at radius 2 is 2.00 bits per heavy atom. The Morgan fingerprint density at radius 1 is 1.39 bits per heavy atom. The molecule has 0 bridgehead atoms. The monoisotopic (exact) mass is 247 g/mol. The van der Waals surface area contributed by atoms with Gasteiger partial charge in [-0.15, -0.1) is 0 Å². The van der Waals surface area contributed by atoms with Crippen LogP contribution < -0.4 is 5.73 Å². The Hall–Kier alpha value is -1.65. The highest BCUT2D eigenvalue weighted by molar-refractivity contribution is 5.92. The molecule has 1 heterocycles. The largest absolute Gasteiger partial charge is 0.364 e. The molecule has 18 heavy (non-hydrogen) atoms. The Labute approximate surface area is 105 Å². The summed E-state index contributed by atoms with van der Waals surface area (Å²) in [5.74, 6) is 1.24. The van der Waals surface area contributed by atoms with Gasteiger partial charge in [0.1, 0.15) is 11.5 Å². The number of nitrogens with zero attached hydrogens (tertiary/aromatic N) is 2. The third kappa shape index (κ3) is 1.65. The SMILES string of the molecule is Cn1cnc(C2CC3CC(=O)CC3C2)c1C(N)=O. The second-order valence-electron chi connectivity index (χ2n) is 5.59. The van der Waals surface area contributed by atoms with Crippen LogP contribution in [0.25, 0.3) is 0 Å². The fourth-order valence-electron chi connectivity index (χ4n) is 3.65. The quantitative estimate of drug-likeness (QED) is 0.846. The molecule has 3 rings (SSSR count). The number of Topliss-reactive ketones (excluding diaryl/α,β-unsaturated/α-hetero) is 1. The van der Waals surface area contributed by atoms with Gasteiger partial charge in [0.15, 0.2) is 0 Å². The van der Waals surface area contributed by atoms with Crippen molar-refractivity contribution in [2.75, 3.05) is 0 Å². The number of carbonyl (C=O) groups is 2. The van der Waals surface area contributed by atoms with E-state index in [1.165, 1.54) is 0 Å². The van der Waals surface area contributed by atoms with Crippen molar-refractivity contribution in [2.24, 2.45) is 24.6 Å². The van der Waals surface area contributed by atoms with Crippen LogP contribution in [0, 0.1) is 11.8 Å². The Morgan fingerprint density at radius 3 is 2.56 bits per heavy atom. The number of imidazole rings is 1. The average molecular weight is 247 g/mol. The molecule has 2 unspecified atom stereocenters. The minimum atomic E-state index is -0.418. The standard InChI is InChI=1S/C13H17N3O2/c1-16-6-15-11(12(16)13(14)18)9-2-7-4-10(17)5-8(7)3-9/h6-9H,2-5H2,1H3,(H2,14,18). The molecule has 0 aromatic carbocycles. The normalized spacial score (nSPS) is 30.7. The van der Waals surface area contributed by atoms with Crippen LogP contribution in [0.3, 0.4) is 0 Å². The van der Waals surface area contributed by atoms with Crippen LogP contribution >= 0.6 is 0 Å². The van der Waals surface area contributed by atoms with Gasteiger partial charge in [0.2, 0.25) is 0 Å². The number of nitrogens with two attached hydrogens (primary N) is 1. The number of ketones is 1. The zero-order valence-corrected chi connectivity index (χ0v) is 10.4. The van der Waals surface area contributed by atoms with Crippen LogP contribution in [-0.4, -0.2) is 21.2 Å². The number of rotatable bonds is 2. The molecule has 1 aromatic rings. The molecule has 2 atom stereocenters. The lowest BCUT2D eigenvalue weighted by atomic mass is 9.98. The third-order valence-corrected chi connectivity index (χ3v) is 4.41. The zero-order chi connectivity index (χ0) is 12.9. The lowest BCUT2D eigenvalue weighted by Gasteiger charge is -2.10. The van der Waals surface area contributed by atoms with E-state index in [2.05, 4.69) is 4.98 Å². The molecule has 96 valence electrons. The van der Waals surface area contributed by atoms with Gasteiger partial charge in [-0.05, 0) is 24.7 Å². The van der Waals surface area contributed by atoms with E-state index in [9.17, 15) is 9.59 Å². The molecule has 0 spiro atoms. The van der Waals surface area contributed by atoms with Gasteiger partial charge in [-0.25, -0.2) is 4.98 Å². The van der Waals surface area contributed by atoms with Crippen molar-refractivity contribution >= 4 is 11.7 Å². The number of amides is 1. The smallest absolute Gasteiger partial charge is 0.267 e. The molecule has 2 aliphatic rings. The van der Waals surface area contributed by atoms with Crippen LogP contribution in [0.1, 0.15) is 47.8 Å². The fraction of sp³-hybridized carbons (Fsp3) is 0.615. The maximum Gasteiger partial charge on any atom is 0.267 e. The second kappa shape index (κ2) is 3.93. The molecule has 1 amide bonds. The number of fused-ring (bicyclic) bond motifs is 1. The average Bonchev–Trinajstić information content (AvgIpc) is 2.89. The van der Waals surface area contributed by atoms with Gasteiger partial charge < -0.3 is 10.3 Å². The molecule has 5 nitrogen and oxygen atoms in total. The molecule has 0 radical (unpaired) electrons. The van der Waals surface area contributed by atoms with Gasteiger partial charge in [-0.3, -0.25) is 9.59 Å². The summed E-state index contributed by atoms with van der Waals surface area (Å²) < 4.78 is 1.69. The third-order valence-electron chi connectivity index (χ3n) is 4.41. The van der Waals surface area contributed by atoms with Gasteiger partial charge in [-0.1, -0.05) is 0 Å². The van der Waals surface area contributed by atoms with E-state index in [4.69, 9.17) is 5.73 Å². The highest BCUT2D eigenvalue weighted by atomic mass is 16.1. The van der Waals surface area contributed by atoms with Crippen molar-refractivity contribution in [3.63, 3.8) is 0 Å². The predicted octanol–water partition coefficient (Wildman–Crippen LogP) is 0.992. The summed E-state index contributed by atoms with van der Waals surface area (Å²) in [5.41, 5.74) is 6.76. The summed E-state index contributed by atoms with van der Waals surface area (Å²) in [4.78, 5) is 27.2. The van der Waals surface area contributed by atoms with E-state index < -0.39 is 5.91 Å². The van der Waals surface area contributed by atoms with Crippen LogP contribution in [0.2, 0.25) is 0 Å². The maximum atomic E-state index is 11.5. The van der Waals surface area contributed by atoms with Crippen LogP contribution in [-0.2, 0) is 11.8 Å². The van der Waals surface area contributed by atoms with E-state index >= 15 is 0 Å². The minimum Gasteiger partial charge on any atom is -0.364 e. The van der Waals surface area contributed by atoms with Gasteiger partial charge in [-0.2, -0.15) is 0 Å². The Kier molecular flexibility index (Phi) is 2.50. The van der Waals surface area contributed by atoms with Gasteiger partial charge in [0.05, 0.1) is 12.0 Å². The second-order valence-corrected chi connectivity index (χ2v) is 5.59. The van der Waals surface area contributed by atoms with Crippen LogP contribution in [0.4, 0.5) is 0 Å². The van der Waals surface area contributed by atoms with Crippen LogP contribution in [0.15, 0.2) is 6.33 Å². The number of primary amides is 1. The van der Waals surface area contributed by atoms with Gasteiger partial charge in [0, 0.05) is 25.8 Å². The van der Waals surface area contributed by atoms with Crippen molar-refractivity contribution < 1.29 is 9.59 Å². The van der Waals surface area contributed by atoms with Gasteiger partial charge in [0.25, 0.3) is 5.91 Å². The zero-order valence-electron chi connectivity index (χ0n) is 10.4. The van der Waals surface area contributed by atoms with Crippen molar-refractivity contribution in [1.29, 1.82) is 0 Å². The van der Waals surface area contributed by atoms with Crippen molar-refractivity contribution in [3.05, 3.63) is 17.7 Å². The highest BCUT2D eigenvalue weighted by Gasteiger charge is 2.43. The molecule has 2 fully saturated rings. The maximum absolute atomic E-state index is 11.5. The molecule has 0 saturated heterocycles. The summed E-state index contributed by atoms with van der Waals surface area (Å²) in [6.07, 6.45) is 5.00. The van der Waals surface area contributed by atoms with E-state index in [-0.39, 0.29) is 5.92 Å². The predicted molar refractivity (Wildman–Crippen MR) is 64.9 cm³/mol. The Bertz CT molecular complexity index is 504. The number of hydrogen-bond donors (Lipinski definition) is 1. The first-order chi connectivity index (χ1) is 8.56. The number of hydrogen-bond acceptors (Lipinski definition) is 3. The lowest BCUT2D eigenvalue weighted by molar-refractivity contribution is -0.117. The van der Waals surface area contributed by atoms with Crippen LogP contribution in [0.5, 0.6) is 0 Å². The summed E-state index contributed by atoms with van der Waals surface area (Å²) in [6, 6.07) is 0. The Balaban J connectivity index is 1.86. The van der Waals surface area contributed by atoms with Crippen molar-refractivity contribution in [2.45, 2.75) is 31.6 Å². The minimum absolute atomic E-state index is 0.289. The summed E-state index contributed by atoms with van der Waals surface area (Å²) >= 11 is 0. The number of aromatic nitrogens is 2. The molecule has 2 N–H and O–H groups in total. The van der Waals surface area contributed by atoms with E-state index in [0.29, 0.717) is 36.2 Å². The lowest BCUT2D eigenvalue weighted by Crippen LogP contribution is -2.18. The summed E-state index contributed by atoms with van der Waals surface area (Å²) in [5, 5.41) is 0. The topological polar surface area (TPSA) is 78.0 Å². The molecule has 2 saturated carbocycles. The number of carbonyl (C=O) groups excluding carboxylic acids is 2. The van der Waals surface area contributed by atoms with E-state index in [0.717, 1.165) is 18.5 Å². The van der Waals surface area contributed by atoms with Crippen molar-refractivity contribution in [1.82, 2.24) is 9.55 Å². The molecular formula is C13H17N3O2. The van der Waals surface area contributed by atoms with E-state index in [1.54, 1.807) is 17.9 Å². The van der Waals surface area contributed by atoms with Gasteiger partial charge >= 0.3 is 0 Å². The first kappa shape index (κ1) is 11.4. The molecular weight excluding hydrogens is 230 g/mol. The summed E-state index contributed by atoms with van der Waals surface area (Å²) in [6.45, 7) is 0. The first-order valence-corrected chi connectivity index (χ1v) is 6.39. The number of aryl methyl sites for hydroxylation is 1. The fourth-order valence-corrected chi connectivity index (χ4v) is 3.65. The highest BCUT2D eigenvalue weighted by Crippen LogP contribution is 2.49. The summed E-state index contributed by atoms with van der Waals surface area (Å²) in [7, 11) is 1.79. The molecule has 2 aliphatic carbocycles. The molecule has 0 aliphatic heterocycles. The first-order valence-electron chi connectivity index (χ1n) is 6.39. The molecule has 5 heteroatoms. The van der Waals surface area contributed by atoms with E-state index in [1.807, 2.05) is 0 Å².